The maximum atomic E-state index is 12.0. The molecule has 0 N–H and O–H groups in total. The van der Waals surface area contributed by atoms with Gasteiger partial charge in [0.1, 0.15) is 0 Å². The summed E-state index contributed by atoms with van der Waals surface area (Å²) in [4.78, 5) is 0. The lowest BCUT2D eigenvalue weighted by Crippen LogP contribution is -2.28. The number of terminal acetylenes is 1. The van der Waals surface area contributed by atoms with Crippen molar-refractivity contribution >= 4 is 17.9 Å². The van der Waals surface area contributed by atoms with Crippen LogP contribution in [0.25, 0.3) is 0 Å². The molecule has 1 aliphatic rings. The largest absolute Gasteiger partial charge is 0.295 e. The molecule has 2 nitrogen and oxygen atoms in total. The van der Waals surface area contributed by atoms with Gasteiger partial charge in [0.05, 0.1) is 0 Å². The average Bonchev–Trinajstić information content (AvgIpc) is 2.10. The molecule has 0 aromatic heterocycles. The predicted molar refractivity (Wildman–Crippen MR) is 55.6 cm³/mol. The second kappa shape index (κ2) is 3.87. The van der Waals surface area contributed by atoms with Crippen LogP contribution in [0.15, 0.2) is 0 Å². The van der Waals surface area contributed by atoms with Crippen molar-refractivity contribution in [3.8, 4) is 12.3 Å². The zero-order chi connectivity index (χ0) is 9.19. The highest BCUT2D eigenvalue weighted by molar-refractivity contribution is 8.57. The van der Waals surface area contributed by atoms with E-state index in [-0.39, 0.29) is 0 Å². The van der Waals surface area contributed by atoms with Crippen LogP contribution in [0.5, 0.6) is 0 Å². The first-order valence-corrected chi connectivity index (χ1v) is 7.62. The van der Waals surface area contributed by atoms with Gasteiger partial charge < -0.3 is 0 Å². The van der Waals surface area contributed by atoms with Crippen molar-refractivity contribution < 1.29 is 4.57 Å². The zero-order valence-electron chi connectivity index (χ0n) is 7.49. The van der Waals surface area contributed by atoms with Gasteiger partial charge in [-0.2, -0.15) is 0 Å². The molecule has 2 atom stereocenters. The molecule has 1 fully saturated rings. The van der Waals surface area contributed by atoms with Gasteiger partial charge in [-0.3, -0.25) is 4.57 Å². The first-order valence-electron chi connectivity index (χ1n) is 3.95. The third-order valence-electron chi connectivity index (χ3n) is 2.29. The van der Waals surface area contributed by atoms with Gasteiger partial charge in [-0.25, -0.2) is 4.67 Å². The fraction of sp³-hybridized carbons (Fsp3) is 0.750. The van der Waals surface area contributed by atoms with E-state index in [0.29, 0.717) is 5.92 Å². The predicted octanol–water partition coefficient (Wildman–Crippen LogP) is 2.13. The molecule has 0 saturated carbocycles. The second-order valence-corrected chi connectivity index (χ2v) is 8.61. The van der Waals surface area contributed by atoms with E-state index >= 15 is 0 Å². The molecule has 0 radical (unpaired) electrons. The van der Waals surface area contributed by atoms with Gasteiger partial charge in [-0.15, -0.1) is 12.3 Å². The van der Waals surface area contributed by atoms with Crippen molar-refractivity contribution in [1.82, 2.24) is 4.67 Å². The molecule has 1 aliphatic heterocycles. The minimum Gasteiger partial charge on any atom is -0.295 e. The first-order chi connectivity index (χ1) is 5.62. The van der Waals surface area contributed by atoms with Crippen LogP contribution in [0.2, 0.25) is 0 Å². The number of hydrogen-bond acceptors (Lipinski definition) is 2. The number of rotatable bonds is 1. The average molecular weight is 203 g/mol. The first kappa shape index (κ1) is 10.2. The molecule has 68 valence electrons. The van der Waals surface area contributed by atoms with Crippen LogP contribution in [0.4, 0.5) is 0 Å². The Bertz CT molecular complexity index is 248. The summed E-state index contributed by atoms with van der Waals surface area (Å²) in [5.74, 6) is 3.02. The highest BCUT2D eigenvalue weighted by atomic mass is 32.7. The molecule has 1 heterocycles. The zero-order valence-corrected chi connectivity index (χ0v) is 9.20. The molecule has 2 unspecified atom stereocenters. The molecule has 1 saturated heterocycles. The molecule has 12 heavy (non-hydrogen) atoms. The van der Waals surface area contributed by atoms with Crippen molar-refractivity contribution in [2.24, 2.45) is 5.92 Å². The summed E-state index contributed by atoms with van der Waals surface area (Å²) >= 11 is 1.48. The van der Waals surface area contributed by atoms with Crippen LogP contribution in [0, 0.1) is 18.3 Å². The monoisotopic (exact) mass is 203 g/mol. The Morgan fingerprint density at radius 1 is 1.75 bits per heavy atom. The molecule has 0 amide bonds. The lowest BCUT2D eigenvalue weighted by Gasteiger charge is -2.33. The van der Waals surface area contributed by atoms with Crippen molar-refractivity contribution in [2.75, 3.05) is 26.0 Å². The van der Waals surface area contributed by atoms with Crippen molar-refractivity contribution in [3.63, 3.8) is 0 Å². The summed E-state index contributed by atoms with van der Waals surface area (Å²) in [5.41, 5.74) is 0. The van der Waals surface area contributed by atoms with Gasteiger partial charge in [0, 0.05) is 18.6 Å². The fourth-order valence-electron chi connectivity index (χ4n) is 1.39. The maximum absolute atomic E-state index is 12.0. The van der Waals surface area contributed by atoms with Gasteiger partial charge in [-0.05, 0) is 19.7 Å². The highest BCUT2D eigenvalue weighted by Gasteiger charge is 2.33. The van der Waals surface area contributed by atoms with Gasteiger partial charge in [0.2, 0.25) is 6.49 Å². The standard InChI is InChI=1S/C8H14NOPS/c1-4-8-5-6-11(10,12-3)9(2)7-8/h1,8H,5-7H2,2-3H3. The SMILES string of the molecule is C#CC1CCP(=O)(SC)N(C)C1. The van der Waals surface area contributed by atoms with E-state index in [4.69, 9.17) is 6.42 Å². The van der Waals surface area contributed by atoms with Crippen LogP contribution in [-0.2, 0) is 4.57 Å². The van der Waals surface area contributed by atoms with E-state index in [9.17, 15) is 4.57 Å². The van der Waals surface area contributed by atoms with E-state index in [1.54, 1.807) is 0 Å². The Labute approximate surface area is 78.3 Å². The van der Waals surface area contributed by atoms with Crippen LogP contribution >= 0.6 is 17.9 Å². The lowest BCUT2D eigenvalue weighted by molar-refractivity contribution is 0.403. The molecular weight excluding hydrogens is 189 g/mol. The number of hydrogen-bond donors (Lipinski definition) is 0. The molecule has 0 bridgehead atoms. The molecule has 0 aromatic rings. The molecular formula is C8H14NOPS. The van der Waals surface area contributed by atoms with E-state index in [1.165, 1.54) is 11.4 Å². The maximum Gasteiger partial charge on any atom is 0.202 e. The molecule has 0 spiro atoms. The Balaban J connectivity index is 2.67. The molecule has 0 aromatic carbocycles. The van der Waals surface area contributed by atoms with E-state index in [0.717, 1.165) is 19.1 Å². The molecule has 4 heteroatoms. The summed E-state index contributed by atoms with van der Waals surface area (Å²) in [5, 5.41) is 0. The van der Waals surface area contributed by atoms with Crippen LogP contribution in [-0.4, -0.2) is 30.7 Å². The summed E-state index contributed by atoms with van der Waals surface area (Å²) in [6.45, 7) is -1.30. The third-order valence-corrected chi connectivity index (χ3v) is 7.98. The quantitative estimate of drug-likeness (QED) is 0.481. The summed E-state index contributed by atoms with van der Waals surface area (Å²) in [6.07, 6.45) is 8.91. The Morgan fingerprint density at radius 2 is 2.42 bits per heavy atom. The minimum absolute atomic E-state index is 0.296. The van der Waals surface area contributed by atoms with Crippen LogP contribution in [0.3, 0.4) is 0 Å². The smallest absolute Gasteiger partial charge is 0.202 e. The van der Waals surface area contributed by atoms with Crippen LogP contribution < -0.4 is 0 Å². The fourth-order valence-corrected chi connectivity index (χ4v) is 5.18. The Kier molecular flexibility index (Phi) is 3.29. The number of nitrogens with zero attached hydrogens (tertiary/aromatic N) is 1. The summed E-state index contributed by atoms with van der Waals surface area (Å²) in [7, 11) is 1.90. The summed E-state index contributed by atoms with van der Waals surface area (Å²) < 4.78 is 14.0. The van der Waals surface area contributed by atoms with E-state index < -0.39 is 6.49 Å². The van der Waals surface area contributed by atoms with Crippen molar-refractivity contribution in [1.29, 1.82) is 0 Å². The van der Waals surface area contributed by atoms with Gasteiger partial charge in [0.25, 0.3) is 0 Å². The van der Waals surface area contributed by atoms with Gasteiger partial charge >= 0.3 is 0 Å². The van der Waals surface area contributed by atoms with Crippen molar-refractivity contribution in [2.45, 2.75) is 6.42 Å². The van der Waals surface area contributed by atoms with E-state index in [1.807, 2.05) is 18.0 Å². The van der Waals surface area contributed by atoms with Crippen LogP contribution in [0.1, 0.15) is 6.42 Å². The Hall–Kier alpha value is 0.1000. The lowest BCUT2D eigenvalue weighted by atomic mass is 10.1. The third kappa shape index (κ3) is 1.88. The Morgan fingerprint density at radius 3 is 2.83 bits per heavy atom. The topological polar surface area (TPSA) is 20.3 Å². The molecule has 1 rings (SSSR count). The van der Waals surface area contributed by atoms with Gasteiger partial charge in [-0.1, -0.05) is 11.4 Å². The highest BCUT2D eigenvalue weighted by Crippen LogP contribution is 2.62. The van der Waals surface area contributed by atoms with E-state index in [2.05, 4.69) is 5.92 Å². The van der Waals surface area contributed by atoms with Crippen molar-refractivity contribution in [3.05, 3.63) is 0 Å². The van der Waals surface area contributed by atoms with Gasteiger partial charge in [0.15, 0.2) is 0 Å². The molecule has 0 aliphatic carbocycles. The summed E-state index contributed by atoms with van der Waals surface area (Å²) in [6, 6.07) is 0. The normalized spacial score (nSPS) is 37.6. The minimum atomic E-state index is -2.08. The second-order valence-electron chi connectivity index (χ2n) is 3.04.